The van der Waals surface area contributed by atoms with Gasteiger partial charge in [-0.1, -0.05) is 23.4 Å². The second-order valence-corrected chi connectivity index (χ2v) is 6.90. The van der Waals surface area contributed by atoms with Crippen molar-refractivity contribution in [3.8, 4) is 5.75 Å². The van der Waals surface area contributed by atoms with Crippen LogP contribution in [0.4, 0.5) is 0 Å². The second kappa shape index (κ2) is 8.76. The molecule has 23 heavy (non-hydrogen) atoms. The summed E-state index contributed by atoms with van der Waals surface area (Å²) in [6.45, 7) is 1.68. The highest BCUT2D eigenvalue weighted by Crippen LogP contribution is 2.21. The molecule has 0 saturated carbocycles. The molecule has 0 fully saturated rings. The smallest absolute Gasteiger partial charge is 0.276 e. The number of nitrogens with zero attached hydrogens (tertiary/aromatic N) is 1. The van der Waals surface area contributed by atoms with E-state index in [4.69, 9.17) is 16.3 Å². The van der Waals surface area contributed by atoms with Crippen LogP contribution in [0.25, 0.3) is 0 Å². The fraction of sp³-hybridized carbons (Fsp3) is 0.214. The van der Waals surface area contributed by atoms with Gasteiger partial charge in [0.1, 0.15) is 5.75 Å². The number of hydrazine groups is 1. The highest BCUT2D eigenvalue weighted by Gasteiger charge is 2.08. The lowest BCUT2D eigenvalue weighted by Crippen LogP contribution is -2.44. The lowest BCUT2D eigenvalue weighted by Gasteiger charge is -2.08. The number of nitrogens with one attached hydrogen (secondary N) is 2. The molecule has 0 aliphatic heterocycles. The van der Waals surface area contributed by atoms with Crippen LogP contribution in [0.15, 0.2) is 34.0 Å². The van der Waals surface area contributed by atoms with Gasteiger partial charge in [0.25, 0.3) is 5.91 Å². The van der Waals surface area contributed by atoms with Crippen LogP contribution >= 0.6 is 34.7 Å². The number of amides is 2. The number of carbonyl (C=O) groups excluding carboxylic acids is 2. The Balaban J connectivity index is 1.63. The topological polar surface area (TPSA) is 80.3 Å². The van der Waals surface area contributed by atoms with Gasteiger partial charge in [0.15, 0.2) is 10.9 Å². The first-order valence-electron chi connectivity index (χ1n) is 6.54. The van der Waals surface area contributed by atoms with E-state index in [0.717, 1.165) is 10.0 Å². The Labute approximate surface area is 146 Å². The predicted molar refractivity (Wildman–Crippen MR) is 90.8 cm³/mol. The molecule has 1 aromatic heterocycles. The van der Waals surface area contributed by atoms with Gasteiger partial charge in [0.2, 0.25) is 5.91 Å². The Morgan fingerprint density at radius 2 is 1.96 bits per heavy atom. The van der Waals surface area contributed by atoms with Crippen molar-refractivity contribution in [2.75, 3.05) is 12.4 Å². The fourth-order valence-electron chi connectivity index (χ4n) is 1.42. The highest BCUT2D eigenvalue weighted by atomic mass is 35.5. The van der Waals surface area contributed by atoms with Gasteiger partial charge in [0, 0.05) is 16.1 Å². The van der Waals surface area contributed by atoms with Gasteiger partial charge < -0.3 is 4.74 Å². The van der Waals surface area contributed by atoms with Crippen LogP contribution in [-0.2, 0) is 9.59 Å². The normalized spacial score (nSPS) is 10.2. The number of aromatic nitrogens is 1. The summed E-state index contributed by atoms with van der Waals surface area (Å²) in [5.41, 5.74) is 5.53. The quantitative estimate of drug-likeness (QED) is 0.602. The van der Waals surface area contributed by atoms with Gasteiger partial charge >= 0.3 is 0 Å². The van der Waals surface area contributed by atoms with Crippen LogP contribution in [0.1, 0.15) is 5.69 Å². The molecule has 1 heterocycles. The molecule has 1 aromatic carbocycles. The minimum Gasteiger partial charge on any atom is -0.484 e. The van der Waals surface area contributed by atoms with E-state index < -0.39 is 5.91 Å². The van der Waals surface area contributed by atoms with Gasteiger partial charge in [-0.05, 0) is 31.2 Å². The van der Waals surface area contributed by atoms with E-state index in [1.165, 1.54) is 23.1 Å². The maximum absolute atomic E-state index is 11.6. The number of carbonyl (C=O) groups is 2. The molecular formula is C14H14ClN3O3S2. The summed E-state index contributed by atoms with van der Waals surface area (Å²) in [5, 5.41) is 2.50. The van der Waals surface area contributed by atoms with Crippen LogP contribution in [0.2, 0.25) is 5.02 Å². The highest BCUT2D eigenvalue weighted by molar-refractivity contribution is 8.01. The van der Waals surface area contributed by atoms with E-state index in [9.17, 15) is 9.59 Å². The minimum atomic E-state index is -0.455. The Morgan fingerprint density at radius 1 is 1.26 bits per heavy atom. The average Bonchev–Trinajstić information content (AvgIpc) is 2.96. The molecule has 2 aromatic rings. The van der Waals surface area contributed by atoms with Gasteiger partial charge in [-0.25, -0.2) is 4.98 Å². The summed E-state index contributed by atoms with van der Waals surface area (Å²) in [5.74, 6) is -0.0812. The van der Waals surface area contributed by atoms with Crippen LogP contribution in [-0.4, -0.2) is 29.2 Å². The largest absolute Gasteiger partial charge is 0.484 e. The maximum Gasteiger partial charge on any atom is 0.276 e. The molecule has 0 radical (unpaired) electrons. The zero-order valence-electron chi connectivity index (χ0n) is 12.2. The summed E-state index contributed by atoms with van der Waals surface area (Å²) in [6.07, 6.45) is 0. The molecule has 122 valence electrons. The summed E-state index contributed by atoms with van der Waals surface area (Å²) < 4.78 is 6.07. The number of hydrogen-bond donors (Lipinski definition) is 2. The second-order valence-electron chi connectivity index (χ2n) is 4.38. The number of ether oxygens (including phenoxy) is 1. The molecule has 0 bridgehead atoms. The van der Waals surface area contributed by atoms with Crippen LogP contribution in [0.3, 0.4) is 0 Å². The minimum absolute atomic E-state index is 0.172. The molecular weight excluding hydrogens is 358 g/mol. The molecule has 2 rings (SSSR count). The number of benzene rings is 1. The molecule has 9 heteroatoms. The lowest BCUT2D eigenvalue weighted by atomic mass is 10.3. The number of thiazole rings is 1. The zero-order valence-corrected chi connectivity index (χ0v) is 14.6. The maximum atomic E-state index is 11.6. The van der Waals surface area contributed by atoms with E-state index in [1.54, 1.807) is 24.3 Å². The molecule has 0 aliphatic rings. The van der Waals surface area contributed by atoms with Gasteiger partial charge in [-0.2, -0.15) is 0 Å². The van der Waals surface area contributed by atoms with Crippen molar-refractivity contribution in [2.45, 2.75) is 11.3 Å². The SMILES string of the molecule is Cc1csc(SCC(=O)NNC(=O)COc2ccc(Cl)cc2)n1. The van der Waals surface area contributed by atoms with Crippen molar-refractivity contribution in [3.63, 3.8) is 0 Å². The zero-order chi connectivity index (χ0) is 16.7. The number of halogens is 1. The van der Waals surface area contributed by atoms with Crippen molar-refractivity contribution in [1.82, 2.24) is 15.8 Å². The first-order valence-corrected chi connectivity index (χ1v) is 8.78. The predicted octanol–water partition coefficient (Wildman–Crippen LogP) is 2.42. The van der Waals surface area contributed by atoms with Gasteiger partial charge in [-0.15, -0.1) is 11.3 Å². The number of aryl methyl sites for hydroxylation is 1. The van der Waals surface area contributed by atoms with Crippen molar-refractivity contribution in [3.05, 3.63) is 40.4 Å². The van der Waals surface area contributed by atoms with E-state index >= 15 is 0 Å². The fourth-order valence-corrected chi connectivity index (χ4v) is 3.19. The number of thioether (sulfide) groups is 1. The van der Waals surface area contributed by atoms with Crippen molar-refractivity contribution in [2.24, 2.45) is 0 Å². The third-order valence-electron chi connectivity index (χ3n) is 2.45. The monoisotopic (exact) mass is 371 g/mol. The third-order valence-corrected chi connectivity index (χ3v) is 4.84. The summed E-state index contributed by atoms with van der Waals surface area (Å²) >= 11 is 8.54. The first-order chi connectivity index (χ1) is 11.0. The molecule has 2 N–H and O–H groups in total. The summed E-state index contributed by atoms with van der Waals surface area (Å²) in [4.78, 5) is 27.4. The Bertz CT molecular complexity index is 676. The molecule has 0 aliphatic carbocycles. The molecule has 6 nitrogen and oxygen atoms in total. The molecule has 0 atom stereocenters. The number of rotatable bonds is 6. The average molecular weight is 372 g/mol. The standard InChI is InChI=1S/C14H14ClN3O3S2/c1-9-7-22-14(16-9)23-8-13(20)18-17-12(19)6-21-11-4-2-10(15)3-5-11/h2-5,7H,6,8H2,1H3,(H,17,19)(H,18,20). The Kier molecular flexibility index (Phi) is 6.69. The van der Waals surface area contributed by atoms with E-state index in [-0.39, 0.29) is 18.3 Å². The van der Waals surface area contributed by atoms with Crippen molar-refractivity contribution < 1.29 is 14.3 Å². The summed E-state index contributed by atoms with van der Waals surface area (Å²) in [7, 11) is 0. The Morgan fingerprint density at radius 3 is 2.61 bits per heavy atom. The third kappa shape index (κ3) is 6.47. The van der Waals surface area contributed by atoms with Gasteiger partial charge in [0.05, 0.1) is 5.75 Å². The van der Waals surface area contributed by atoms with Crippen LogP contribution in [0.5, 0.6) is 5.75 Å². The molecule has 0 spiro atoms. The van der Waals surface area contributed by atoms with E-state index in [1.807, 2.05) is 12.3 Å². The van der Waals surface area contributed by atoms with E-state index in [0.29, 0.717) is 10.8 Å². The van der Waals surface area contributed by atoms with Crippen molar-refractivity contribution in [1.29, 1.82) is 0 Å². The Hall–Kier alpha value is -1.77. The van der Waals surface area contributed by atoms with E-state index in [2.05, 4.69) is 15.8 Å². The van der Waals surface area contributed by atoms with Crippen LogP contribution < -0.4 is 15.6 Å². The lowest BCUT2D eigenvalue weighted by molar-refractivity contribution is -0.128. The molecule has 0 unspecified atom stereocenters. The molecule has 2 amide bonds. The van der Waals surface area contributed by atoms with Gasteiger partial charge in [-0.3, -0.25) is 20.4 Å². The first kappa shape index (κ1) is 17.6. The van der Waals surface area contributed by atoms with Crippen LogP contribution in [0, 0.1) is 6.92 Å². The summed E-state index contributed by atoms with van der Waals surface area (Å²) in [6, 6.07) is 6.63. The number of hydrogen-bond acceptors (Lipinski definition) is 6. The van der Waals surface area contributed by atoms with Crippen molar-refractivity contribution >= 4 is 46.5 Å². The molecule has 0 saturated heterocycles.